The van der Waals surface area contributed by atoms with Crippen molar-refractivity contribution in [1.29, 1.82) is 0 Å². The maximum absolute atomic E-state index is 5.48. The predicted octanol–water partition coefficient (Wildman–Crippen LogP) is 4.01. The van der Waals surface area contributed by atoms with Crippen LogP contribution in [0.5, 0.6) is 11.5 Å². The van der Waals surface area contributed by atoms with Crippen molar-refractivity contribution >= 4 is 17.0 Å². The van der Waals surface area contributed by atoms with Crippen LogP contribution in [-0.2, 0) is 6.54 Å². The van der Waals surface area contributed by atoms with E-state index in [-0.39, 0.29) is 0 Å². The van der Waals surface area contributed by atoms with Crippen LogP contribution in [0.1, 0.15) is 11.1 Å². The van der Waals surface area contributed by atoms with Crippen molar-refractivity contribution in [2.24, 2.45) is 5.10 Å². The third kappa shape index (κ3) is 4.35. The highest BCUT2D eigenvalue weighted by Gasteiger charge is 2.16. The molecule has 3 aromatic rings. The van der Waals surface area contributed by atoms with Gasteiger partial charge in [0.2, 0.25) is 0 Å². The molecule has 0 saturated carbocycles. The summed E-state index contributed by atoms with van der Waals surface area (Å²) in [5, 5.41) is 9.45. The largest absolute Gasteiger partial charge is 0.493 e. The fourth-order valence-electron chi connectivity index (χ4n) is 3.84. The lowest BCUT2D eigenvalue weighted by Crippen LogP contribution is -2.43. The third-order valence-corrected chi connectivity index (χ3v) is 5.42. The Bertz CT molecular complexity index is 989. The summed E-state index contributed by atoms with van der Waals surface area (Å²) < 4.78 is 10.8. The minimum Gasteiger partial charge on any atom is -0.493 e. The zero-order valence-corrected chi connectivity index (χ0v) is 17.0. The Balaban J connectivity index is 1.38. The van der Waals surface area contributed by atoms with Crippen LogP contribution < -0.4 is 9.47 Å². The van der Waals surface area contributed by atoms with E-state index in [4.69, 9.17) is 9.47 Å². The van der Waals surface area contributed by atoms with E-state index in [0.717, 1.165) is 44.0 Å². The first-order valence-electron chi connectivity index (χ1n) is 9.97. The minimum absolute atomic E-state index is 0.716. The van der Waals surface area contributed by atoms with Gasteiger partial charge >= 0.3 is 0 Å². The van der Waals surface area contributed by atoms with Gasteiger partial charge in [-0.3, -0.25) is 9.91 Å². The summed E-state index contributed by atoms with van der Waals surface area (Å²) in [6.45, 7) is 4.79. The average molecular weight is 389 g/mol. The van der Waals surface area contributed by atoms with Crippen LogP contribution in [0, 0.1) is 0 Å². The number of para-hydroxylation sites is 1. The number of methoxy groups -OCH3 is 2. The van der Waals surface area contributed by atoms with Crippen molar-refractivity contribution < 1.29 is 9.47 Å². The predicted molar refractivity (Wildman–Crippen MR) is 118 cm³/mol. The molecule has 0 unspecified atom stereocenters. The Hall–Kier alpha value is -3.05. The molecule has 1 heterocycles. The fourth-order valence-corrected chi connectivity index (χ4v) is 3.84. The van der Waals surface area contributed by atoms with Gasteiger partial charge in [-0.2, -0.15) is 5.10 Å². The van der Waals surface area contributed by atoms with E-state index in [1.54, 1.807) is 14.2 Å². The van der Waals surface area contributed by atoms with Crippen LogP contribution in [0.4, 0.5) is 0 Å². The van der Waals surface area contributed by atoms with Crippen LogP contribution in [0.15, 0.2) is 65.8 Å². The third-order valence-electron chi connectivity index (χ3n) is 5.42. The molecule has 5 heteroatoms. The molecule has 29 heavy (non-hydrogen) atoms. The lowest BCUT2D eigenvalue weighted by Gasteiger charge is -2.33. The Kier molecular flexibility index (Phi) is 5.96. The number of hydrogen-bond acceptors (Lipinski definition) is 5. The Morgan fingerprint density at radius 1 is 0.862 bits per heavy atom. The summed E-state index contributed by atoms with van der Waals surface area (Å²) >= 11 is 0. The highest BCUT2D eigenvalue weighted by atomic mass is 16.5. The highest BCUT2D eigenvalue weighted by molar-refractivity contribution is 5.86. The van der Waals surface area contributed by atoms with Gasteiger partial charge in [-0.25, -0.2) is 0 Å². The molecule has 0 spiro atoms. The topological polar surface area (TPSA) is 37.3 Å². The number of hydrazone groups is 1. The van der Waals surface area contributed by atoms with E-state index in [1.165, 1.54) is 16.3 Å². The standard InChI is InChI=1S/C24H27N3O2/c1-28-23-12-6-9-20(24(23)29-2)17-25-27-15-13-26(14-16-27)18-21-10-5-8-19-7-3-4-11-22(19)21/h3-12,17H,13-16,18H2,1-2H3. The molecule has 1 aliphatic heterocycles. The Labute approximate surface area is 172 Å². The normalized spacial score (nSPS) is 15.2. The van der Waals surface area contributed by atoms with Gasteiger partial charge < -0.3 is 9.47 Å². The van der Waals surface area contributed by atoms with Crippen molar-refractivity contribution in [2.45, 2.75) is 6.54 Å². The van der Waals surface area contributed by atoms with Gasteiger partial charge in [0.1, 0.15) is 0 Å². The molecule has 1 aliphatic rings. The van der Waals surface area contributed by atoms with Gasteiger partial charge in [0.05, 0.1) is 20.4 Å². The first-order valence-corrected chi connectivity index (χ1v) is 9.97. The zero-order valence-electron chi connectivity index (χ0n) is 17.0. The van der Waals surface area contributed by atoms with Gasteiger partial charge in [-0.05, 0) is 28.5 Å². The Morgan fingerprint density at radius 3 is 2.41 bits per heavy atom. The van der Waals surface area contributed by atoms with Crippen LogP contribution in [0.25, 0.3) is 10.8 Å². The summed E-state index contributed by atoms with van der Waals surface area (Å²) in [6, 6.07) is 21.0. The second-order valence-corrected chi connectivity index (χ2v) is 7.20. The summed E-state index contributed by atoms with van der Waals surface area (Å²) in [5.74, 6) is 1.43. The zero-order chi connectivity index (χ0) is 20.1. The number of nitrogens with zero attached hydrogens (tertiary/aromatic N) is 3. The van der Waals surface area contributed by atoms with Crippen LogP contribution in [-0.4, -0.2) is 56.5 Å². The van der Waals surface area contributed by atoms with E-state index in [1.807, 2.05) is 24.4 Å². The molecule has 0 amide bonds. The van der Waals surface area contributed by atoms with E-state index < -0.39 is 0 Å². The molecule has 150 valence electrons. The van der Waals surface area contributed by atoms with Crippen molar-refractivity contribution in [1.82, 2.24) is 9.91 Å². The number of rotatable bonds is 6. The summed E-state index contributed by atoms with van der Waals surface area (Å²) in [4.78, 5) is 2.50. The van der Waals surface area contributed by atoms with E-state index in [0.29, 0.717) is 5.75 Å². The van der Waals surface area contributed by atoms with Gasteiger partial charge in [0.15, 0.2) is 11.5 Å². The molecule has 0 atom stereocenters. The minimum atomic E-state index is 0.716. The smallest absolute Gasteiger partial charge is 0.169 e. The van der Waals surface area contributed by atoms with E-state index in [9.17, 15) is 0 Å². The molecule has 0 aromatic heterocycles. The van der Waals surface area contributed by atoms with Crippen molar-refractivity contribution in [2.75, 3.05) is 40.4 Å². The first-order chi connectivity index (χ1) is 14.3. The molecule has 1 fully saturated rings. The number of fused-ring (bicyclic) bond motifs is 1. The molecule has 0 aliphatic carbocycles. The molecule has 3 aromatic carbocycles. The van der Waals surface area contributed by atoms with Crippen molar-refractivity contribution in [3.05, 3.63) is 71.8 Å². The van der Waals surface area contributed by atoms with Gasteiger partial charge in [-0.15, -0.1) is 0 Å². The quantitative estimate of drug-likeness (QED) is 0.597. The van der Waals surface area contributed by atoms with Crippen LogP contribution in [0.3, 0.4) is 0 Å². The molecular weight excluding hydrogens is 362 g/mol. The van der Waals surface area contributed by atoms with E-state index in [2.05, 4.69) is 57.5 Å². The summed E-state index contributed by atoms with van der Waals surface area (Å²) in [5.41, 5.74) is 2.31. The number of piperazine rings is 1. The maximum atomic E-state index is 5.48. The number of ether oxygens (including phenoxy) is 2. The lowest BCUT2D eigenvalue weighted by molar-refractivity contribution is 0.131. The second kappa shape index (κ2) is 8.97. The van der Waals surface area contributed by atoms with Crippen molar-refractivity contribution in [3.8, 4) is 11.5 Å². The average Bonchev–Trinajstić information content (AvgIpc) is 2.78. The molecule has 0 radical (unpaired) electrons. The number of hydrogen-bond donors (Lipinski definition) is 0. The molecule has 1 saturated heterocycles. The molecule has 5 nitrogen and oxygen atoms in total. The van der Waals surface area contributed by atoms with Gasteiger partial charge in [0, 0.05) is 38.3 Å². The first kappa shape index (κ1) is 19.3. The lowest BCUT2D eigenvalue weighted by atomic mass is 10.0. The van der Waals surface area contributed by atoms with Crippen molar-refractivity contribution in [3.63, 3.8) is 0 Å². The molecular formula is C24H27N3O2. The monoisotopic (exact) mass is 389 g/mol. The van der Waals surface area contributed by atoms with Crippen LogP contribution in [0.2, 0.25) is 0 Å². The molecule has 0 N–H and O–H groups in total. The SMILES string of the molecule is COc1cccc(C=NN2CCN(Cc3cccc4ccccc34)CC2)c1OC. The Morgan fingerprint density at radius 2 is 1.62 bits per heavy atom. The summed E-state index contributed by atoms with van der Waals surface area (Å²) in [6.07, 6.45) is 1.86. The number of benzene rings is 3. The highest BCUT2D eigenvalue weighted by Crippen LogP contribution is 2.29. The van der Waals surface area contributed by atoms with E-state index >= 15 is 0 Å². The summed E-state index contributed by atoms with van der Waals surface area (Å²) in [7, 11) is 3.30. The maximum Gasteiger partial charge on any atom is 0.169 e. The molecule has 4 rings (SSSR count). The van der Waals surface area contributed by atoms with Gasteiger partial charge in [0.25, 0.3) is 0 Å². The second-order valence-electron chi connectivity index (χ2n) is 7.20. The van der Waals surface area contributed by atoms with Crippen LogP contribution >= 0.6 is 0 Å². The fraction of sp³-hybridized carbons (Fsp3) is 0.292. The molecule has 0 bridgehead atoms. The van der Waals surface area contributed by atoms with Gasteiger partial charge in [-0.1, -0.05) is 48.5 Å².